The fourth-order valence-corrected chi connectivity index (χ4v) is 3.15. The second-order valence-corrected chi connectivity index (χ2v) is 8.37. The van der Waals surface area contributed by atoms with Gasteiger partial charge in [-0.2, -0.15) is 0 Å². The van der Waals surface area contributed by atoms with E-state index in [0.29, 0.717) is 24.6 Å². The van der Waals surface area contributed by atoms with Crippen LogP contribution in [0, 0.1) is 11.7 Å². The predicted molar refractivity (Wildman–Crippen MR) is 119 cm³/mol. The summed E-state index contributed by atoms with van der Waals surface area (Å²) in [6.07, 6.45) is 0.454. The zero-order valence-electron chi connectivity index (χ0n) is 17.5. The Morgan fingerprint density at radius 1 is 1.10 bits per heavy atom. The highest BCUT2D eigenvalue weighted by atomic mass is 79.9. The molecule has 0 aliphatic heterocycles. The molecule has 2 amide bonds. The Kier molecular flexibility index (Phi) is 9.30. The van der Waals surface area contributed by atoms with E-state index in [0.717, 1.165) is 10.0 Å². The molecule has 2 aromatic carbocycles. The third-order valence-electron chi connectivity index (χ3n) is 4.51. The SMILES string of the molecule is CC[C@@H](C(=O)NCC(C)C)N(Cc1ccc(F)cc1)C(=O)COc1ccc(Br)cc1. The number of hydrogen-bond donors (Lipinski definition) is 1. The highest BCUT2D eigenvalue weighted by Gasteiger charge is 2.29. The Morgan fingerprint density at radius 2 is 1.73 bits per heavy atom. The van der Waals surface area contributed by atoms with Crippen LogP contribution in [-0.4, -0.2) is 35.9 Å². The summed E-state index contributed by atoms with van der Waals surface area (Å²) < 4.78 is 19.8. The van der Waals surface area contributed by atoms with Gasteiger partial charge < -0.3 is 15.0 Å². The first-order valence-electron chi connectivity index (χ1n) is 10.00. The molecule has 0 unspecified atom stereocenters. The van der Waals surface area contributed by atoms with Gasteiger partial charge in [-0.3, -0.25) is 9.59 Å². The summed E-state index contributed by atoms with van der Waals surface area (Å²) in [7, 11) is 0. The van der Waals surface area contributed by atoms with Crippen LogP contribution in [0.15, 0.2) is 53.0 Å². The van der Waals surface area contributed by atoms with Crippen molar-refractivity contribution in [3.63, 3.8) is 0 Å². The minimum atomic E-state index is -0.644. The number of benzene rings is 2. The molecule has 0 spiro atoms. The molecule has 162 valence electrons. The standard InChI is InChI=1S/C23H28BrFN2O3/c1-4-21(23(29)26-13-16(2)3)27(14-17-5-9-19(25)10-6-17)22(28)15-30-20-11-7-18(24)8-12-20/h5-12,16,21H,4,13-15H2,1-3H3,(H,26,29)/t21-/m0/s1. The maximum Gasteiger partial charge on any atom is 0.261 e. The molecule has 0 aromatic heterocycles. The van der Waals surface area contributed by atoms with Crippen LogP contribution in [0.4, 0.5) is 4.39 Å². The van der Waals surface area contributed by atoms with E-state index in [1.165, 1.54) is 17.0 Å². The van der Waals surface area contributed by atoms with E-state index in [9.17, 15) is 14.0 Å². The molecule has 0 fully saturated rings. The monoisotopic (exact) mass is 478 g/mol. The number of nitrogens with one attached hydrogen (secondary N) is 1. The molecular formula is C23H28BrFN2O3. The topological polar surface area (TPSA) is 58.6 Å². The van der Waals surface area contributed by atoms with Crippen LogP contribution in [0.5, 0.6) is 5.75 Å². The first kappa shape index (κ1) is 23.9. The highest BCUT2D eigenvalue weighted by molar-refractivity contribution is 9.10. The number of carbonyl (C=O) groups is 2. The zero-order valence-corrected chi connectivity index (χ0v) is 19.1. The quantitative estimate of drug-likeness (QED) is 0.544. The van der Waals surface area contributed by atoms with Crippen molar-refractivity contribution in [1.82, 2.24) is 10.2 Å². The first-order chi connectivity index (χ1) is 14.3. The number of amides is 2. The summed E-state index contributed by atoms with van der Waals surface area (Å²) in [4.78, 5) is 27.3. The minimum Gasteiger partial charge on any atom is -0.484 e. The van der Waals surface area contributed by atoms with Gasteiger partial charge in [0.25, 0.3) is 5.91 Å². The fourth-order valence-electron chi connectivity index (χ4n) is 2.89. The van der Waals surface area contributed by atoms with Crippen LogP contribution in [0.1, 0.15) is 32.8 Å². The molecule has 30 heavy (non-hydrogen) atoms. The molecule has 0 bridgehead atoms. The van der Waals surface area contributed by atoms with Gasteiger partial charge in [0.1, 0.15) is 17.6 Å². The average Bonchev–Trinajstić information content (AvgIpc) is 2.72. The molecular weight excluding hydrogens is 451 g/mol. The summed E-state index contributed by atoms with van der Waals surface area (Å²) in [5.41, 5.74) is 0.739. The average molecular weight is 479 g/mol. The lowest BCUT2D eigenvalue weighted by Crippen LogP contribution is -2.50. The molecule has 0 heterocycles. The number of halogens is 2. The molecule has 2 aromatic rings. The van der Waals surface area contributed by atoms with Crippen molar-refractivity contribution in [3.05, 3.63) is 64.4 Å². The minimum absolute atomic E-state index is 0.191. The Hall–Kier alpha value is -2.41. The third kappa shape index (κ3) is 7.44. The van der Waals surface area contributed by atoms with Gasteiger partial charge in [-0.25, -0.2) is 4.39 Å². The maximum atomic E-state index is 13.3. The number of nitrogens with zero attached hydrogens (tertiary/aromatic N) is 1. The lowest BCUT2D eigenvalue weighted by atomic mass is 10.1. The zero-order chi connectivity index (χ0) is 22.1. The van der Waals surface area contributed by atoms with Gasteiger partial charge in [0.2, 0.25) is 5.91 Å². The van der Waals surface area contributed by atoms with Crippen LogP contribution < -0.4 is 10.1 Å². The first-order valence-corrected chi connectivity index (χ1v) is 10.8. The van der Waals surface area contributed by atoms with Gasteiger partial charge in [0.05, 0.1) is 0 Å². The van der Waals surface area contributed by atoms with Crippen molar-refractivity contribution >= 4 is 27.7 Å². The second kappa shape index (κ2) is 11.7. The summed E-state index contributed by atoms with van der Waals surface area (Å²) in [5.74, 6) is -0.00459. The Balaban J connectivity index is 2.17. The van der Waals surface area contributed by atoms with Crippen molar-refractivity contribution in [3.8, 4) is 5.75 Å². The molecule has 0 saturated heterocycles. The van der Waals surface area contributed by atoms with Crippen molar-refractivity contribution in [2.24, 2.45) is 5.92 Å². The van der Waals surface area contributed by atoms with E-state index in [1.54, 1.807) is 24.3 Å². The van der Waals surface area contributed by atoms with Crippen LogP contribution in [0.2, 0.25) is 0 Å². The summed E-state index contributed by atoms with van der Waals surface area (Å²) >= 11 is 3.36. The predicted octanol–water partition coefficient (Wildman–Crippen LogP) is 4.55. The van der Waals surface area contributed by atoms with Crippen LogP contribution in [-0.2, 0) is 16.1 Å². The molecule has 0 aliphatic rings. The van der Waals surface area contributed by atoms with Crippen molar-refractivity contribution in [1.29, 1.82) is 0 Å². The van der Waals surface area contributed by atoms with Gasteiger partial charge >= 0.3 is 0 Å². The number of hydrogen-bond acceptors (Lipinski definition) is 3. The summed E-state index contributed by atoms with van der Waals surface area (Å²) in [6.45, 7) is 6.40. The van der Waals surface area contributed by atoms with Crippen molar-refractivity contribution < 1.29 is 18.7 Å². The molecule has 1 N–H and O–H groups in total. The second-order valence-electron chi connectivity index (χ2n) is 7.45. The summed E-state index contributed by atoms with van der Waals surface area (Å²) in [6, 6.07) is 12.4. The van der Waals surface area contributed by atoms with Gasteiger partial charge in [0, 0.05) is 17.6 Å². The Morgan fingerprint density at radius 3 is 2.30 bits per heavy atom. The van der Waals surface area contributed by atoms with Gasteiger partial charge in [-0.05, 0) is 54.3 Å². The number of carbonyl (C=O) groups excluding carboxylic acids is 2. The van der Waals surface area contributed by atoms with Crippen LogP contribution in [0.25, 0.3) is 0 Å². The largest absolute Gasteiger partial charge is 0.484 e. The summed E-state index contributed by atoms with van der Waals surface area (Å²) in [5, 5.41) is 2.90. The van der Waals surface area contributed by atoms with E-state index in [2.05, 4.69) is 21.2 Å². The van der Waals surface area contributed by atoms with Gasteiger partial charge in [0.15, 0.2) is 6.61 Å². The Bertz CT molecular complexity index is 825. The van der Waals surface area contributed by atoms with Gasteiger partial charge in [-0.1, -0.05) is 48.8 Å². The van der Waals surface area contributed by atoms with Crippen molar-refractivity contribution in [2.75, 3.05) is 13.2 Å². The van der Waals surface area contributed by atoms with E-state index < -0.39 is 6.04 Å². The van der Waals surface area contributed by atoms with Crippen LogP contribution in [0.3, 0.4) is 0 Å². The van der Waals surface area contributed by atoms with E-state index in [4.69, 9.17) is 4.74 Å². The molecule has 0 saturated carbocycles. The molecule has 0 aliphatic carbocycles. The van der Waals surface area contributed by atoms with E-state index >= 15 is 0 Å². The Labute approximate surface area is 185 Å². The fraction of sp³-hybridized carbons (Fsp3) is 0.391. The van der Waals surface area contributed by atoms with Gasteiger partial charge in [-0.15, -0.1) is 0 Å². The molecule has 0 radical (unpaired) electrons. The molecule has 2 rings (SSSR count). The van der Waals surface area contributed by atoms with E-state index in [1.807, 2.05) is 32.9 Å². The smallest absolute Gasteiger partial charge is 0.261 e. The lowest BCUT2D eigenvalue weighted by Gasteiger charge is -2.30. The molecule has 1 atom stereocenters. The molecule has 5 nitrogen and oxygen atoms in total. The molecule has 7 heteroatoms. The maximum absolute atomic E-state index is 13.3. The highest BCUT2D eigenvalue weighted by Crippen LogP contribution is 2.17. The lowest BCUT2D eigenvalue weighted by molar-refractivity contribution is -0.143. The van der Waals surface area contributed by atoms with E-state index in [-0.39, 0.29) is 30.8 Å². The van der Waals surface area contributed by atoms with Crippen LogP contribution >= 0.6 is 15.9 Å². The third-order valence-corrected chi connectivity index (χ3v) is 5.04. The van der Waals surface area contributed by atoms with Crippen molar-refractivity contribution in [2.45, 2.75) is 39.8 Å². The number of rotatable bonds is 10. The normalized spacial score (nSPS) is 11.8. The number of ether oxygens (including phenoxy) is 1.